The SMILES string of the molecule is O=C1N(c2ccccc2)C(c2ccccc2)CN1S(=O)(=O)c1ccc(Cl)cc1. The summed E-state index contributed by atoms with van der Waals surface area (Å²) in [5, 5.41) is 0.430. The molecule has 1 aliphatic heterocycles. The number of benzene rings is 3. The molecule has 1 saturated heterocycles. The fourth-order valence-electron chi connectivity index (χ4n) is 3.31. The van der Waals surface area contributed by atoms with Crippen LogP contribution < -0.4 is 4.90 Å². The number of hydrogen-bond donors (Lipinski definition) is 0. The quantitative estimate of drug-likeness (QED) is 0.623. The summed E-state index contributed by atoms with van der Waals surface area (Å²) in [6.45, 7) is 0.0305. The molecule has 3 aromatic carbocycles. The van der Waals surface area contributed by atoms with Gasteiger partial charge in [0.25, 0.3) is 10.0 Å². The predicted octanol–water partition coefficient (Wildman–Crippen LogP) is 4.71. The third kappa shape index (κ3) is 3.25. The number of anilines is 1. The van der Waals surface area contributed by atoms with Gasteiger partial charge in [-0.05, 0) is 42.0 Å². The maximum atomic E-state index is 13.2. The molecule has 1 fully saturated rings. The highest BCUT2D eigenvalue weighted by Crippen LogP contribution is 2.37. The smallest absolute Gasteiger partial charge is 0.284 e. The van der Waals surface area contributed by atoms with Crippen molar-refractivity contribution in [1.29, 1.82) is 0 Å². The Bertz CT molecular complexity index is 1090. The highest BCUT2D eigenvalue weighted by atomic mass is 35.5. The molecule has 1 aliphatic rings. The van der Waals surface area contributed by atoms with Crippen LogP contribution in [0.1, 0.15) is 11.6 Å². The first-order valence-electron chi connectivity index (χ1n) is 8.70. The molecule has 5 nitrogen and oxygen atoms in total. The van der Waals surface area contributed by atoms with Gasteiger partial charge in [0, 0.05) is 10.7 Å². The van der Waals surface area contributed by atoms with Crippen LogP contribution in [0.5, 0.6) is 0 Å². The van der Waals surface area contributed by atoms with Crippen molar-refractivity contribution in [2.75, 3.05) is 11.4 Å². The summed E-state index contributed by atoms with van der Waals surface area (Å²) in [6, 6.07) is 23.3. The number of nitrogens with zero attached hydrogens (tertiary/aromatic N) is 2. The van der Waals surface area contributed by atoms with Crippen molar-refractivity contribution >= 4 is 33.3 Å². The summed E-state index contributed by atoms with van der Waals surface area (Å²) in [7, 11) is -4.00. The average Bonchev–Trinajstić information content (AvgIpc) is 3.07. The van der Waals surface area contributed by atoms with Gasteiger partial charge in [-0.1, -0.05) is 60.1 Å². The molecule has 1 heterocycles. The van der Waals surface area contributed by atoms with Gasteiger partial charge in [0.15, 0.2) is 0 Å². The lowest BCUT2D eigenvalue weighted by molar-refractivity contribution is 0.239. The summed E-state index contributed by atoms with van der Waals surface area (Å²) in [4.78, 5) is 14.8. The van der Waals surface area contributed by atoms with Crippen LogP contribution >= 0.6 is 11.6 Å². The number of carbonyl (C=O) groups is 1. The van der Waals surface area contributed by atoms with E-state index < -0.39 is 22.1 Å². The van der Waals surface area contributed by atoms with Crippen molar-refractivity contribution in [2.45, 2.75) is 10.9 Å². The molecular formula is C21H17ClN2O3S. The third-order valence-electron chi connectivity index (χ3n) is 4.69. The zero-order valence-corrected chi connectivity index (χ0v) is 16.3. The molecule has 28 heavy (non-hydrogen) atoms. The molecule has 1 atom stereocenters. The number of carbonyl (C=O) groups excluding carboxylic acids is 1. The minimum atomic E-state index is -4.00. The summed E-state index contributed by atoms with van der Waals surface area (Å²) >= 11 is 5.87. The van der Waals surface area contributed by atoms with Gasteiger partial charge in [-0.3, -0.25) is 4.90 Å². The maximum absolute atomic E-state index is 13.2. The lowest BCUT2D eigenvalue weighted by Crippen LogP contribution is -2.36. The Kier molecular flexibility index (Phi) is 4.83. The molecule has 0 saturated carbocycles. The van der Waals surface area contributed by atoms with Crippen molar-refractivity contribution in [1.82, 2.24) is 4.31 Å². The Morgan fingerprint density at radius 3 is 2.00 bits per heavy atom. The van der Waals surface area contributed by atoms with Crippen LogP contribution in [0.25, 0.3) is 0 Å². The van der Waals surface area contributed by atoms with Crippen LogP contribution in [0.2, 0.25) is 5.02 Å². The number of hydrogen-bond acceptors (Lipinski definition) is 3. The molecule has 0 aromatic heterocycles. The van der Waals surface area contributed by atoms with Gasteiger partial charge in [-0.2, -0.15) is 0 Å². The van der Waals surface area contributed by atoms with E-state index in [1.165, 1.54) is 29.2 Å². The summed E-state index contributed by atoms with van der Waals surface area (Å²) in [5.41, 5.74) is 1.52. The maximum Gasteiger partial charge on any atom is 0.339 e. The molecular weight excluding hydrogens is 396 g/mol. The Morgan fingerprint density at radius 1 is 0.821 bits per heavy atom. The zero-order chi connectivity index (χ0) is 19.7. The van der Waals surface area contributed by atoms with Gasteiger partial charge in [0.1, 0.15) is 0 Å². The number of sulfonamides is 1. The second kappa shape index (κ2) is 7.30. The van der Waals surface area contributed by atoms with Crippen molar-refractivity contribution < 1.29 is 13.2 Å². The Hall–Kier alpha value is -2.83. The second-order valence-corrected chi connectivity index (χ2v) is 8.70. The molecule has 142 valence electrons. The fraction of sp³-hybridized carbons (Fsp3) is 0.0952. The van der Waals surface area contributed by atoms with Crippen LogP contribution in [0, 0.1) is 0 Å². The highest BCUT2D eigenvalue weighted by molar-refractivity contribution is 7.89. The van der Waals surface area contributed by atoms with E-state index in [2.05, 4.69) is 0 Å². The molecule has 4 rings (SSSR count). The van der Waals surface area contributed by atoms with Gasteiger partial charge in [0.2, 0.25) is 0 Å². The average molecular weight is 413 g/mol. The molecule has 1 unspecified atom stereocenters. The number of para-hydroxylation sites is 1. The lowest BCUT2D eigenvalue weighted by atomic mass is 10.1. The van der Waals surface area contributed by atoms with E-state index in [0.717, 1.165) is 9.87 Å². The molecule has 7 heteroatoms. The van der Waals surface area contributed by atoms with E-state index in [1.807, 2.05) is 48.5 Å². The van der Waals surface area contributed by atoms with Gasteiger partial charge < -0.3 is 0 Å². The van der Waals surface area contributed by atoms with Gasteiger partial charge in [-0.15, -0.1) is 0 Å². The van der Waals surface area contributed by atoms with E-state index in [-0.39, 0.29) is 11.4 Å². The number of halogens is 1. The predicted molar refractivity (Wildman–Crippen MR) is 109 cm³/mol. The Balaban J connectivity index is 1.78. The number of amides is 2. The minimum Gasteiger partial charge on any atom is -0.284 e. The number of rotatable bonds is 4. The largest absolute Gasteiger partial charge is 0.339 e. The summed E-state index contributed by atoms with van der Waals surface area (Å²) in [6.07, 6.45) is 0. The normalized spacial score (nSPS) is 17.2. The molecule has 0 spiro atoms. The van der Waals surface area contributed by atoms with Crippen LogP contribution in [-0.2, 0) is 10.0 Å². The van der Waals surface area contributed by atoms with Gasteiger partial charge >= 0.3 is 6.03 Å². The van der Waals surface area contributed by atoms with E-state index in [0.29, 0.717) is 10.7 Å². The van der Waals surface area contributed by atoms with E-state index in [1.54, 1.807) is 12.1 Å². The molecule has 0 N–H and O–H groups in total. The van der Waals surface area contributed by atoms with E-state index in [9.17, 15) is 13.2 Å². The number of urea groups is 1. The zero-order valence-electron chi connectivity index (χ0n) is 14.8. The standard InChI is InChI=1S/C21H17ClN2O3S/c22-17-11-13-19(14-12-17)28(26,27)23-15-20(16-7-3-1-4-8-16)24(21(23)25)18-9-5-2-6-10-18/h1-14,20H,15H2. The molecule has 0 bridgehead atoms. The minimum absolute atomic E-state index is 0.0305. The first-order valence-corrected chi connectivity index (χ1v) is 10.5. The van der Waals surface area contributed by atoms with Gasteiger partial charge in [0.05, 0.1) is 17.5 Å². The van der Waals surface area contributed by atoms with Crippen molar-refractivity contribution in [3.05, 3.63) is 95.5 Å². The molecule has 3 aromatic rings. The van der Waals surface area contributed by atoms with Crippen molar-refractivity contribution in [2.24, 2.45) is 0 Å². The first-order chi connectivity index (χ1) is 13.5. The summed E-state index contributed by atoms with van der Waals surface area (Å²) < 4.78 is 27.2. The monoisotopic (exact) mass is 412 g/mol. The van der Waals surface area contributed by atoms with Crippen molar-refractivity contribution in [3.8, 4) is 0 Å². The lowest BCUT2D eigenvalue weighted by Gasteiger charge is -2.23. The third-order valence-corrected chi connectivity index (χ3v) is 6.70. The second-order valence-electron chi connectivity index (χ2n) is 6.40. The molecule has 0 radical (unpaired) electrons. The Morgan fingerprint density at radius 2 is 1.39 bits per heavy atom. The van der Waals surface area contributed by atoms with E-state index in [4.69, 9.17) is 11.6 Å². The van der Waals surface area contributed by atoms with Crippen LogP contribution in [0.15, 0.2) is 89.8 Å². The summed E-state index contributed by atoms with van der Waals surface area (Å²) in [5.74, 6) is 0. The van der Waals surface area contributed by atoms with Crippen LogP contribution in [-0.4, -0.2) is 25.3 Å². The Labute approximate surface area is 168 Å². The molecule has 2 amide bonds. The van der Waals surface area contributed by atoms with Crippen LogP contribution in [0.4, 0.5) is 10.5 Å². The van der Waals surface area contributed by atoms with Gasteiger partial charge in [-0.25, -0.2) is 17.5 Å². The topological polar surface area (TPSA) is 57.7 Å². The highest BCUT2D eigenvalue weighted by Gasteiger charge is 2.45. The van der Waals surface area contributed by atoms with E-state index >= 15 is 0 Å². The fourth-order valence-corrected chi connectivity index (χ4v) is 4.81. The van der Waals surface area contributed by atoms with Crippen LogP contribution in [0.3, 0.4) is 0 Å². The van der Waals surface area contributed by atoms with Crippen molar-refractivity contribution in [3.63, 3.8) is 0 Å². The first kappa shape index (κ1) is 18.5. The molecule has 0 aliphatic carbocycles.